The highest BCUT2D eigenvalue weighted by Crippen LogP contribution is 2.18. The molecule has 0 aliphatic heterocycles. The molecule has 0 unspecified atom stereocenters. The molecule has 16 heavy (non-hydrogen) atoms. The quantitative estimate of drug-likeness (QED) is 0.754. The van der Waals surface area contributed by atoms with E-state index in [1.165, 1.54) is 17.7 Å². The molecule has 0 aromatic carbocycles. The maximum atomic E-state index is 12.0. The number of ketones is 1. The highest BCUT2D eigenvalue weighted by molar-refractivity contribution is 7.13. The molecule has 0 bridgehead atoms. The van der Waals surface area contributed by atoms with Crippen LogP contribution in [0.25, 0.3) is 0 Å². The van der Waals surface area contributed by atoms with Crippen molar-refractivity contribution in [2.45, 2.75) is 20.3 Å². The van der Waals surface area contributed by atoms with Crippen molar-refractivity contribution in [2.75, 3.05) is 0 Å². The van der Waals surface area contributed by atoms with Crippen LogP contribution in [0.5, 0.6) is 0 Å². The standard InChI is InChI=1S/C10H12N4OS/c1-6-10(16-7(2)13-6)8(15)4-9-11-5-12-14(9)3/h5H,4H2,1-3H3. The van der Waals surface area contributed by atoms with E-state index in [1.807, 2.05) is 13.8 Å². The minimum absolute atomic E-state index is 0.0548. The van der Waals surface area contributed by atoms with E-state index in [4.69, 9.17) is 0 Å². The molecule has 0 fully saturated rings. The fourth-order valence-corrected chi connectivity index (χ4v) is 2.35. The molecule has 0 atom stereocenters. The molecule has 84 valence electrons. The second-order valence-corrected chi connectivity index (χ2v) is 4.75. The van der Waals surface area contributed by atoms with E-state index in [-0.39, 0.29) is 12.2 Å². The molecule has 0 aliphatic carbocycles. The van der Waals surface area contributed by atoms with Crippen LogP contribution in [0.3, 0.4) is 0 Å². The smallest absolute Gasteiger partial charge is 0.182 e. The van der Waals surface area contributed by atoms with Gasteiger partial charge in [0.05, 0.1) is 22.0 Å². The van der Waals surface area contributed by atoms with E-state index < -0.39 is 0 Å². The van der Waals surface area contributed by atoms with Crippen LogP contribution in [0.4, 0.5) is 0 Å². The maximum absolute atomic E-state index is 12.0. The molecular formula is C10H12N4OS. The van der Waals surface area contributed by atoms with Gasteiger partial charge in [-0.1, -0.05) is 0 Å². The highest BCUT2D eigenvalue weighted by atomic mass is 32.1. The topological polar surface area (TPSA) is 60.7 Å². The number of thiazole rings is 1. The van der Waals surface area contributed by atoms with E-state index in [2.05, 4.69) is 15.1 Å². The summed E-state index contributed by atoms with van der Waals surface area (Å²) in [7, 11) is 1.78. The third kappa shape index (κ3) is 2.01. The van der Waals surface area contributed by atoms with Gasteiger partial charge in [0.2, 0.25) is 0 Å². The molecule has 5 nitrogen and oxygen atoms in total. The van der Waals surface area contributed by atoms with Gasteiger partial charge in [-0.15, -0.1) is 11.3 Å². The van der Waals surface area contributed by atoms with Crippen LogP contribution in [0.15, 0.2) is 6.33 Å². The molecular weight excluding hydrogens is 224 g/mol. The summed E-state index contributed by atoms with van der Waals surface area (Å²) in [5.74, 6) is 0.731. The largest absolute Gasteiger partial charge is 0.293 e. The Labute approximate surface area is 97.2 Å². The van der Waals surface area contributed by atoms with Gasteiger partial charge < -0.3 is 0 Å². The van der Waals surface area contributed by atoms with E-state index >= 15 is 0 Å². The van der Waals surface area contributed by atoms with E-state index in [1.54, 1.807) is 11.7 Å². The lowest BCUT2D eigenvalue weighted by atomic mass is 10.2. The Morgan fingerprint density at radius 1 is 1.50 bits per heavy atom. The van der Waals surface area contributed by atoms with Crippen molar-refractivity contribution >= 4 is 17.1 Å². The molecule has 0 radical (unpaired) electrons. The van der Waals surface area contributed by atoms with Crippen LogP contribution >= 0.6 is 11.3 Å². The Bertz CT molecular complexity index is 529. The molecule has 0 saturated carbocycles. The summed E-state index contributed by atoms with van der Waals surface area (Å²) in [5.41, 5.74) is 0.801. The zero-order valence-corrected chi connectivity index (χ0v) is 10.2. The number of carbonyl (C=O) groups excluding carboxylic acids is 1. The van der Waals surface area contributed by atoms with Gasteiger partial charge in [-0.05, 0) is 13.8 Å². The first-order valence-electron chi connectivity index (χ1n) is 4.88. The first kappa shape index (κ1) is 10.9. The first-order chi connectivity index (χ1) is 7.58. The van der Waals surface area contributed by atoms with Crippen molar-refractivity contribution in [3.63, 3.8) is 0 Å². The van der Waals surface area contributed by atoms with Crippen LogP contribution in [0, 0.1) is 13.8 Å². The van der Waals surface area contributed by atoms with Crippen LogP contribution in [-0.2, 0) is 13.5 Å². The number of aromatic nitrogens is 4. The lowest BCUT2D eigenvalue weighted by Crippen LogP contribution is -2.08. The van der Waals surface area contributed by atoms with Gasteiger partial charge in [-0.2, -0.15) is 5.10 Å². The Balaban J connectivity index is 2.21. The van der Waals surface area contributed by atoms with Crippen LogP contribution in [0.2, 0.25) is 0 Å². The van der Waals surface area contributed by atoms with Gasteiger partial charge in [0.15, 0.2) is 5.78 Å². The Hall–Kier alpha value is -1.56. The van der Waals surface area contributed by atoms with Crippen LogP contribution in [0.1, 0.15) is 26.2 Å². The monoisotopic (exact) mass is 236 g/mol. The summed E-state index contributed by atoms with van der Waals surface area (Å²) in [6.45, 7) is 3.75. The zero-order chi connectivity index (χ0) is 11.7. The Kier molecular flexibility index (Phi) is 2.82. The van der Waals surface area contributed by atoms with Crippen molar-refractivity contribution in [2.24, 2.45) is 7.05 Å². The van der Waals surface area contributed by atoms with Gasteiger partial charge in [0.25, 0.3) is 0 Å². The number of carbonyl (C=O) groups is 1. The summed E-state index contributed by atoms with van der Waals surface area (Å²) in [5, 5.41) is 4.85. The van der Waals surface area contributed by atoms with Gasteiger partial charge in [-0.3, -0.25) is 9.48 Å². The number of hydrogen-bond acceptors (Lipinski definition) is 5. The summed E-state index contributed by atoms with van der Waals surface area (Å²) >= 11 is 1.43. The second kappa shape index (κ2) is 4.13. The van der Waals surface area contributed by atoms with Crippen molar-refractivity contribution in [1.29, 1.82) is 0 Å². The molecule has 2 heterocycles. The normalized spacial score (nSPS) is 10.7. The zero-order valence-electron chi connectivity index (χ0n) is 9.39. The Morgan fingerprint density at radius 3 is 2.75 bits per heavy atom. The minimum atomic E-state index is 0.0548. The minimum Gasteiger partial charge on any atom is -0.293 e. The molecule has 2 aromatic heterocycles. The first-order valence-corrected chi connectivity index (χ1v) is 5.69. The molecule has 0 aliphatic rings. The fourth-order valence-electron chi connectivity index (χ4n) is 1.49. The van der Waals surface area contributed by atoms with Gasteiger partial charge in [0.1, 0.15) is 12.2 Å². The SMILES string of the molecule is Cc1nc(C)c(C(=O)Cc2ncnn2C)s1. The average molecular weight is 236 g/mol. The summed E-state index contributed by atoms with van der Waals surface area (Å²) in [6.07, 6.45) is 1.73. The maximum Gasteiger partial charge on any atom is 0.182 e. The lowest BCUT2D eigenvalue weighted by Gasteiger charge is -1.98. The molecule has 2 aromatic rings. The van der Waals surface area contributed by atoms with Gasteiger partial charge in [0, 0.05) is 7.05 Å². The molecule has 2 rings (SSSR count). The number of rotatable bonds is 3. The summed E-state index contributed by atoms with van der Waals surface area (Å²) < 4.78 is 1.61. The summed E-state index contributed by atoms with van der Waals surface area (Å²) in [6, 6.07) is 0. The van der Waals surface area contributed by atoms with E-state index in [0.717, 1.165) is 15.6 Å². The lowest BCUT2D eigenvalue weighted by molar-refractivity contribution is 0.0992. The summed E-state index contributed by atoms with van der Waals surface area (Å²) in [4.78, 5) is 21.0. The fraction of sp³-hybridized carbons (Fsp3) is 0.400. The Morgan fingerprint density at radius 2 is 2.25 bits per heavy atom. The highest BCUT2D eigenvalue weighted by Gasteiger charge is 2.16. The predicted molar refractivity (Wildman–Crippen MR) is 60.6 cm³/mol. The number of hydrogen-bond donors (Lipinski definition) is 0. The number of nitrogens with zero attached hydrogens (tertiary/aromatic N) is 4. The van der Waals surface area contributed by atoms with E-state index in [9.17, 15) is 4.79 Å². The van der Waals surface area contributed by atoms with E-state index in [0.29, 0.717) is 5.82 Å². The van der Waals surface area contributed by atoms with Gasteiger partial charge >= 0.3 is 0 Å². The molecule has 0 amide bonds. The van der Waals surface area contributed by atoms with Crippen molar-refractivity contribution in [3.05, 3.63) is 27.7 Å². The van der Waals surface area contributed by atoms with Gasteiger partial charge in [-0.25, -0.2) is 9.97 Å². The molecule has 6 heteroatoms. The van der Waals surface area contributed by atoms with Crippen molar-refractivity contribution in [3.8, 4) is 0 Å². The molecule has 0 saturated heterocycles. The number of Topliss-reactive ketones (excluding diaryl/α,β-unsaturated/α-hetero) is 1. The molecule has 0 spiro atoms. The predicted octanol–water partition coefficient (Wildman–Crippen LogP) is 1.31. The van der Waals surface area contributed by atoms with Crippen molar-refractivity contribution < 1.29 is 4.79 Å². The molecule has 0 N–H and O–H groups in total. The third-order valence-corrected chi connectivity index (χ3v) is 3.39. The van der Waals surface area contributed by atoms with Crippen LogP contribution in [-0.4, -0.2) is 25.5 Å². The van der Waals surface area contributed by atoms with Crippen LogP contribution < -0.4 is 0 Å². The third-order valence-electron chi connectivity index (χ3n) is 2.28. The average Bonchev–Trinajstić information content (AvgIpc) is 2.74. The number of aryl methyl sites for hydroxylation is 3. The second-order valence-electron chi connectivity index (χ2n) is 3.55. The van der Waals surface area contributed by atoms with Crippen molar-refractivity contribution in [1.82, 2.24) is 19.7 Å².